The van der Waals surface area contributed by atoms with E-state index in [0.717, 1.165) is 11.1 Å². The molecule has 0 heterocycles. The quantitative estimate of drug-likeness (QED) is 0.776. The van der Waals surface area contributed by atoms with Gasteiger partial charge in [0.25, 0.3) is 0 Å². The summed E-state index contributed by atoms with van der Waals surface area (Å²) in [5, 5.41) is 0. The van der Waals surface area contributed by atoms with Gasteiger partial charge in [0.1, 0.15) is 11.6 Å². The highest BCUT2D eigenvalue weighted by Crippen LogP contribution is 2.42. The Hall–Kier alpha value is -2.22. The van der Waals surface area contributed by atoms with Gasteiger partial charge in [0.05, 0.1) is 5.41 Å². The molecule has 0 unspecified atom stereocenters. The highest BCUT2D eigenvalue weighted by molar-refractivity contribution is 6.06. The first-order chi connectivity index (χ1) is 9.98. The van der Waals surface area contributed by atoms with Crippen molar-refractivity contribution in [1.29, 1.82) is 0 Å². The van der Waals surface area contributed by atoms with Gasteiger partial charge in [-0.05, 0) is 31.9 Å². The van der Waals surface area contributed by atoms with E-state index in [1.807, 2.05) is 60.7 Å². The van der Waals surface area contributed by atoms with E-state index in [0.29, 0.717) is 0 Å². The maximum absolute atomic E-state index is 12.3. The molecule has 0 bridgehead atoms. The van der Waals surface area contributed by atoms with E-state index >= 15 is 0 Å². The van der Waals surface area contributed by atoms with Gasteiger partial charge >= 0.3 is 0 Å². The Bertz CT molecular complexity index is 576. The molecule has 0 aliphatic rings. The second kappa shape index (κ2) is 6.04. The predicted octanol–water partition coefficient (Wildman–Crippen LogP) is 4.00. The van der Waals surface area contributed by atoms with Crippen molar-refractivity contribution in [3.05, 3.63) is 71.8 Å². The van der Waals surface area contributed by atoms with Crippen LogP contribution in [0, 0.1) is 5.41 Å². The number of Topliss-reactive ketones (excluding diaryl/α,β-unsaturated/α-hetero) is 2. The molecule has 0 spiro atoms. The molecular formula is C19H20O2. The van der Waals surface area contributed by atoms with Gasteiger partial charge in [0.15, 0.2) is 0 Å². The maximum atomic E-state index is 12.3. The van der Waals surface area contributed by atoms with E-state index in [4.69, 9.17) is 0 Å². The van der Waals surface area contributed by atoms with E-state index < -0.39 is 5.41 Å². The van der Waals surface area contributed by atoms with Crippen molar-refractivity contribution >= 4 is 11.6 Å². The molecule has 2 nitrogen and oxygen atoms in total. The van der Waals surface area contributed by atoms with Gasteiger partial charge in [0.2, 0.25) is 0 Å². The van der Waals surface area contributed by atoms with Gasteiger partial charge in [0, 0.05) is 5.92 Å². The number of hydrogen-bond donors (Lipinski definition) is 0. The maximum Gasteiger partial charge on any atom is 0.144 e. The van der Waals surface area contributed by atoms with Crippen molar-refractivity contribution in [1.82, 2.24) is 0 Å². The second-order valence-electron chi connectivity index (χ2n) is 5.57. The van der Waals surface area contributed by atoms with Crippen molar-refractivity contribution in [2.75, 3.05) is 0 Å². The normalized spacial score (nSPS) is 11.4. The minimum absolute atomic E-state index is 0.104. The number of carbonyl (C=O) groups excluding carboxylic acids is 2. The third kappa shape index (κ3) is 2.80. The van der Waals surface area contributed by atoms with Crippen LogP contribution in [0.4, 0.5) is 0 Å². The predicted molar refractivity (Wildman–Crippen MR) is 84.2 cm³/mol. The molecule has 108 valence electrons. The lowest BCUT2D eigenvalue weighted by atomic mass is 9.66. The molecule has 2 heteroatoms. The second-order valence-corrected chi connectivity index (χ2v) is 5.57. The summed E-state index contributed by atoms with van der Waals surface area (Å²) >= 11 is 0. The fraction of sp³-hybridized carbons (Fsp3) is 0.263. The van der Waals surface area contributed by atoms with E-state index in [1.54, 1.807) is 6.92 Å². The summed E-state index contributed by atoms with van der Waals surface area (Å²) in [6.07, 6.45) is 0. The Balaban J connectivity index is 2.67. The van der Waals surface area contributed by atoms with Gasteiger partial charge in [-0.2, -0.15) is 0 Å². The SMILES string of the molecule is CC(=O)C(C)(C(C)=O)C(c1ccccc1)c1ccccc1. The highest BCUT2D eigenvalue weighted by Gasteiger charge is 2.44. The van der Waals surface area contributed by atoms with Crippen LogP contribution in [0.3, 0.4) is 0 Å². The monoisotopic (exact) mass is 280 g/mol. The van der Waals surface area contributed by atoms with E-state index in [2.05, 4.69) is 0 Å². The smallest absolute Gasteiger partial charge is 0.144 e. The molecule has 0 aliphatic carbocycles. The van der Waals surface area contributed by atoms with E-state index in [1.165, 1.54) is 13.8 Å². The van der Waals surface area contributed by atoms with Crippen molar-refractivity contribution in [2.24, 2.45) is 5.41 Å². The molecule has 0 aromatic heterocycles. The summed E-state index contributed by atoms with van der Waals surface area (Å²) < 4.78 is 0. The fourth-order valence-electron chi connectivity index (χ4n) is 2.80. The summed E-state index contributed by atoms with van der Waals surface area (Å²) in [6, 6.07) is 19.5. The average Bonchev–Trinajstić information content (AvgIpc) is 2.49. The van der Waals surface area contributed by atoms with Gasteiger partial charge in [-0.3, -0.25) is 9.59 Å². The zero-order valence-corrected chi connectivity index (χ0v) is 12.7. The zero-order chi connectivity index (χ0) is 15.5. The van der Waals surface area contributed by atoms with Gasteiger partial charge < -0.3 is 0 Å². The van der Waals surface area contributed by atoms with Crippen LogP contribution in [-0.4, -0.2) is 11.6 Å². The summed E-state index contributed by atoms with van der Waals surface area (Å²) in [6.45, 7) is 4.75. The lowest BCUT2D eigenvalue weighted by molar-refractivity contribution is -0.138. The summed E-state index contributed by atoms with van der Waals surface area (Å²) in [7, 11) is 0. The zero-order valence-electron chi connectivity index (χ0n) is 12.7. The summed E-state index contributed by atoms with van der Waals surface area (Å²) in [5.74, 6) is -0.477. The van der Waals surface area contributed by atoms with E-state index in [9.17, 15) is 9.59 Å². The Morgan fingerprint density at radius 1 is 0.762 bits per heavy atom. The minimum atomic E-state index is -1.05. The van der Waals surface area contributed by atoms with Gasteiger partial charge in [-0.1, -0.05) is 60.7 Å². The Morgan fingerprint density at radius 2 is 1.10 bits per heavy atom. The largest absolute Gasteiger partial charge is 0.299 e. The average molecular weight is 280 g/mol. The fourth-order valence-corrected chi connectivity index (χ4v) is 2.80. The third-order valence-corrected chi connectivity index (χ3v) is 4.31. The molecule has 21 heavy (non-hydrogen) atoms. The van der Waals surface area contributed by atoms with Crippen molar-refractivity contribution in [3.63, 3.8) is 0 Å². The summed E-state index contributed by atoms with van der Waals surface area (Å²) in [4.78, 5) is 24.5. The molecule has 2 aromatic carbocycles. The summed E-state index contributed by atoms with van der Waals surface area (Å²) in [5.41, 5.74) is 0.913. The molecule has 2 aromatic rings. The number of hydrogen-bond acceptors (Lipinski definition) is 2. The molecule has 0 atom stereocenters. The Labute approximate surface area is 125 Å². The van der Waals surface area contributed by atoms with Crippen LogP contribution in [0.5, 0.6) is 0 Å². The van der Waals surface area contributed by atoms with Gasteiger partial charge in [-0.15, -0.1) is 0 Å². The number of ketones is 2. The number of benzene rings is 2. The van der Waals surface area contributed by atoms with E-state index in [-0.39, 0.29) is 17.5 Å². The molecule has 0 radical (unpaired) electrons. The first-order valence-corrected chi connectivity index (χ1v) is 7.10. The molecule has 2 rings (SSSR count). The number of rotatable bonds is 5. The lowest BCUT2D eigenvalue weighted by Crippen LogP contribution is -2.40. The van der Waals surface area contributed by atoms with Crippen LogP contribution in [0.15, 0.2) is 60.7 Å². The van der Waals surface area contributed by atoms with Crippen LogP contribution in [-0.2, 0) is 9.59 Å². The number of carbonyl (C=O) groups is 2. The van der Waals surface area contributed by atoms with Crippen LogP contribution in [0.2, 0.25) is 0 Å². The van der Waals surface area contributed by atoms with Gasteiger partial charge in [-0.25, -0.2) is 0 Å². The van der Waals surface area contributed by atoms with Crippen LogP contribution >= 0.6 is 0 Å². The Morgan fingerprint density at radius 3 is 1.38 bits per heavy atom. The minimum Gasteiger partial charge on any atom is -0.299 e. The Kier molecular flexibility index (Phi) is 4.37. The van der Waals surface area contributed by atoms with Crippen molar-refractivity contribution < 1.29 is 9.59 Å². The molecular weight excluding hydrogens is 260 g/mol. The first kappa shape index (κ1) is 15.2. The molecule has 0 saturated carbocycles. The molecule has 0 fully saturated rings. The van der Waals surface area contributed by atoms with Crippen LogP contribution < -0.4 is 0 Å². The molecule has 0 N–H and O–H groups in total. The first-order valence-electron chi connectivity index (χ1n) is 7.10. The van der Waals surface area contributed by atoms with Crippen molar-refractivity contribution in [3.8, 4) is 0 Å². The highest BCUT2D eigenvalue weighted by atomic mass is 16.2. The van der Waals surface area contributed by atoms with Crippen LogP contribution in [0.1, 0.15) is 37.8 Å². The lowest BCUT2D eigenvalue weighted by Gasteiger charge is -2.34. The molecule has 0 aliphatic heterocycles. The standard InChI is InChI=1S/C19H20O2/c1-14(20)19(3,15(2)21)18(16-10-6-4-7-11-16)17-12-8-5-9-13-17/h4-13,18H,1-3H3. The van der Waals surface area contributed by atoms with Crippen LogP contribution in [0.25, 0.3) is 0 Å². The topological polar surface area (TPSA) is 34.1 Å². The molecule has 0 amide bonds. The van der Waals surface area contributed by atoms with Crippen molar-refractivity contribution in [2.45, 2.75) is 26.7 Å². The third-order valence-electron chi connectivity index (χ3n) is 4.31. The molecule has 0 saturated heterocycles.